The van der Waals surface area contributed by atoms with E-state index in [1.165, 1.54) is 9.13 Å². The minimum Gasteiger partial charge on any atom is -0.388 e. The quantitative estimate of drug-likeness (QED) is 0.709. The monoisotopic (exact) mass is 260 g/mol. The summed E-state index contributed by atoms with van der Waals surface area (Å²) < 4.78 is 1.20. The lowest BCUT2D eigenvalue weighted by atomic mass is 10.1. The maximum absolute atomic E-state index is 9.56. The van der Waals surface area contributed by atoms with Crippen LogP contribution in [-0.2, 0) is 6.42 Å². The van der Waals surface area contributed by atoms with Gasteiger partial charge in [0.1, 0.15) is 0 Å². The molecule has 0 saturated carbocycles. The maximum atomic E-state index is 9.56. The van der Waals surface area contributed by atoms with E-state index in [4.69, 9.17) is 0 Å². The summed E-state index contributed by atoms with van der Waals surface area (Å²) in [6, 6.07) is 6.21. The van der Waals surface area contributed by atoms with Crippen molar-refractivity contribution < 1.29 is 5.11 Å². The van der Waals surface area contributed by atoms with Crippen molar-refractivity contribution in [2.24, 2.45) is 0 Å². The van der Waals surface area contributed by atoms with Crippen LogP contribution < -0.4 is 0 Å². The lowest BCUT2D eigenvalue weighted by Gasteiger charge is -2.05. The van der Waals surface area contributed by atoms with E-state index in [9.17, 15) is 5.11 Å². The predicted molar refractivity (Wildman–Crippen MR) is 52.4 cm³/mol. The Labute approximate surface area is 79.6 Å². The molecule has 0 amide bonds. The zero-order valence-electron chi connectivity index (χ0n) is 6.05. The topological polar surface area (TPSA) is 20.2 Å². The van der Waals surface area contributed by atoms with Gasteiger partial charge in [0.05, 0.1) is 6.10 Å². The summed E-state index contributed by atoms with van der Waals surface area (Å²) in [4.78, 5) is 0. The molecule has 1 atom stereocenters. The predicted octanol–water partition coefficient (Wildman–Crippen LogP) is 2.27. The van der Waals surface area contributed by atoms with Gasteiger partial charge >= 0.3 is 0 Å². The second-order valence-corrected chi connectivity index (χ2v) is 4.03. The number of rotatable bonds is 0. The van der Waals surface area contributed by atoms with E-state index in [1.807, 2.05) is 6.07 Å². The number of fused-ring (bicyclic) bond motifs is 1. The van der Waals surface area contributed by atoms with E-state index in [2.05, 4.69) is 34.7 Å². The summed E-state index contributed by atoms with van der Waals surface area (Å²) >= 11 is 2.28. The van der Waals surface area contributed by atoms with Crippen LogP contribution in [0, 0.1) is 3.57 Å². The van der Waals surface area contributed by atoms with Crippen molar-refractivity contribution >= 4 is 22.6 Å². The van der Waals surface area contributed by atoms with E-state index in [1.54, 1.807) is 0 Å². The molecule has 0 bridgehead atoms. The first kappa shape index (κ1) is 7.55. The molecule has 2 heteroatoms. The van der Waals surface area contributed by atoms with Crippen LogP contribution in [0.1, 0.15) is 23.7 Å². The van der Waals surface area contributed by atoms with Crippen molar-refractivity contribution in [1.82, 2.24) is 0 Å². The first-order valence-electron chi connectivity index (χ1n) is 3.74. The van der Waals surface area contributed by atoms with E-state index < -0.39 is 0 Å². The average molecular weight is 260 g/mol. The maximum Gasteiger partial charge on any atom is 0.0806 e. The molecule has 1 aromatic carbocycles. The van der Waals surface area contributed by atoms with Gasteiger partial charge in [-0.15, -0.1) is 0 Å². The molecule has 58 valence electrons. The molecule has 1 aliphatic rings. The number of aliphatic hydroxyl groups excluding tert-OH is 1. The van der Waals surface area contributed by atoms with Crippen molar-refractivity contribution in [2.75, 3.05) is 0 Å². The highest BCUT2D eigenvalue weighted by molar-refractivity contribution is 14.1. The minimum absolute atomic E-state index is 0.210. The molecular formula is C9H9IO. The van der Waals surface area contributed by atoms with E-state index in [0.29, 0.717) is 0 Å². The first-order valence-corrected chi connectivity index (χ1v) is 4.82. The lowest BCUT2D eigenvalue weighted by Crippen LogP contribution is -1.93. The molecule has 11 heavy (non-hydrogen) atoms. The van der Waals surface area contributed by atoms with Gasteiger partial charge in [-0.3, -0.25) is 0 Å². The number of halogens is 1. The van der Waals surface area contributed by atoms with Crippen LogP contribution in [0.4, 0.5) is 0 Å². The molecule has 0 radical (unpaired) electrons. The summed E-state index contributed by atoms with van der Waals surface area (Å²) in [5, 5.41) is 9.56. The summed E-state index contributed by atoms with van der Waals surface area (Å²) in [6.45, 7) is 0. The lowest BCUT2D eigenvalue weighted by molar-refractivity contribution is 0.179. The van der Waals surface area contributed by atoms with Gasteiger partial charge < -0.3 is 5.11 Å². The molecule has 1 aromatic rings. The third-order valence-corrected chi connectivity index (χ3v) is 3.10. The number of hydrogen-bond donors (Lipinski definition) is 1. The number of aryl methyl sites for hydroxylation is 1. The Hall–Kier alpha value is -0.0900. The molecule has 0 aromatic heterocycles. The minimum atomic E-state index is -0.210. The van der Waals surface area contributed by atoms with Gasteiger partial charge in [-0.1, -0.05) is 12.1 Å². The molecule has 0 heterocycles. The average Bonchev–Trinajstić information content (AvgIpc) is 2.34. The van der Waals surface area contributed by atoms with Gasteiger partial charge in [-0.2, -0.15) is 0 Å². The standard InChI is InChI=1S/C9H9IO/c10-7-3-1-2-6-4-5-8(11)9(6)7/h1-3,8,11H,4-5H2. The van der Waals surface area contributed by atoms with Crippen molar-refractivity contribution in [3.05, 3.63) is 32.9 Å². The largest absolute Gasteiger partial charge is 0.388 e. The Morgan fingerprint density at radius 2 is 2.27 bits per heavy atom. The first-order chi connectivity index (χ1) is 5.29. The van der Waals surface area contributed by atoms with E-state index in [0.717, 1.165) is 18.4 Å². The third kappa shape index (κ3) is 1.18. The fraction of sp³-hybridized carbons (Fsp3) is 0.333. The highest BCUT2D eigenvalue weighted by atomic mass is 127. The van der Waals surface area contributed by atoms with Gasteiger partial charge in [0.25, 0.3) is 0 Å². The fourth-order valence-electron chi connectivity index (χ4n) is 1.61. The van der Waals surface area contributed by atoms with Crippen molar-refractivity contribution in [3.8, 4) is 0 Å². The van der Waals surface area contributed by atoms with Crippen LogP contribution in [0.2, 0.25) is 0 Å². The van der Waals surface area contributed by atoms with Gasteiger partial charge in [-0.05, 0) is 52.6 Å². The SMILES string of the molecule is OC1CCc2cccc(I)c21. The molecule has 1 unspecified atom stereocenters. The molecule has 0 fully saturated rings. The Balaban J connectivity index is 2.58. The molecule has 1 nitrogen and oxygen atoms in total. The van der Waals surface area contributed by atoms with Crippen molar-refractivity contribution in [1.29, 1.82) is 0 Å². The van der Waals surface area contributed by atoms with Crippen LogP contribution in [0.25, 0.3) is 0 Å². The third-order valence-electron chi connectivity index (χ3n) is 2.16. The molecule has 0 spiro atoms. The van der Waals surface area contributed by atoms with Gasteiger partial charge in [0, 0.05) is 3.57 Å². The smallest absolute Gasteiger partial charge is 0.0806 e. The summed E-state index contributed by atoms with van der Waals surface area (Å²) in [5.74, 6) is 0. The van der Waals surface area contributed by atoms with Crippen molar-refractivity contribution in [2.45, 2.75) is 18.9 Å². The second kappa shape index (κ2) is 2.75. The summed E-state index contributed by atoms with van der Waals surface area (Å²) in [5.41, 5.74) is 2.48. The Morgan fingerprint density at radius 3 is 3.00 bits per heavy atom. The molecular weight excluding hydrogens is 251 g/mol. The zero-order valence-corrected chi connectivity index (χ0v) is 8.21. The molecule has 1 aliphatic carbocycles. The van der Waals surface area contributed by atoms with E-state index >= 15 is 0 Å². The highest BCUT2D eigenvalue weighted by Gasteiger charge is 2.21. The summed E-state index contributed by atoms with van der Waals surface area (Å²) in [7, 11) is 0. The second-order valence-electron chi connectivity index (χ2n) is 2.87. The number of aliphatic hydroxyl groups is 1. The Kier molecular flexibility index (Phi) is 1.89. The number of hydrogen-bond acceptors (Lipinski definition) is 1. The van der Waals surface area contributed by atoms with Crippen LogP contribution in [0.5, 0.6) is 0 Å². The highest BCUT2D eigenvalue weighted by Crippen LogP contribution is 2.33. The van der Waals surface area contributed by atoms with Crippen LogP contribution in [0.15, 0.2) is 18.2 Å². The number of benzene rings is 1. The Morgan fingerprint density at radius 1 is 1.45 bits per heavy atom. The van der Waals surface area contributed by atoms with Crippen LogP contribution in [0.3, 0.4) is 0 Å². The molecule has 1 N–H and O–H groups in total. The van der Waals surface area contributed by atoms with Gasteiger partial charge in [0.2, 0.25) is 0 Å². The molecule has 0 saturated heterocycles. The van der Waals surface area contributed by atoms with Gasteiger partial charge in [-0.25, -0.2) is 0 Å². The zero-order chi connectivity index (χ0) is 7.84. The van der Waals surface area contributed by atoms with Crippen LogP contribution >= 0.6 is 22.6 Å². The normalized spacial score (nSPS) is 21.8. The molecule has 2 rings (SSSR count). The summed E-state index contributed by atoms with van der Waals surface area (Å²) in [6.07, 6.45) is 1.72. The van der Waals surface area contributed by atoms with Gasteiger partial charge in [0.15, 0.2) is 0 Å². The van der Waals surface area contributed by atoms with E-state index in [-0.39, 0.29) is 6.10 Å². The van der Waals surface area contributed by atoms with Crippen LogP contribution in [-0.4, -0.2) is 5.11 Å². The van der Waals surface area contributed by atoms with Crippen molar-refractivity contribution in [3.63, 3.8) is 0 Å². The fourth-order valence-corrected chi connectivity index (χ4v) is 2.52. The molecule has 0 aliphatic heterocycles. The Bertz CT molecular complexity index is 283.